The number of nitrogens with one attached hydrogen (secondary N) is 1. The zero-order chi connectivity index (χ0) is 15.6. The van der Waals surface area contributed by atoms with Crippen LogP contribution in [-0.2, 0) is 16.1 Å². The van der Waals surface area contributed by atoms with Gasteiger partial charge in [-0.15, -0.1) is 6.42 Å². The lowest BCUT2D eigenvalue weighted by molar-refractivity contribution is -0.145. The summed E-state index contributed by atoms with van der Waals surface area (Å²) < 4.78 is 1.51. The summed E-state index contributed by atoms with van der Waals surface area (Å²) in [5.74, 6) is 0.272. The van der Waals surface area contributed by atoms with Crippen LogP contribution >= 0.6 is 0 Å². The number of rotatable bonds is 4. The first kappa shape index (κ1) is 14.5. The van der Waals surface area contributed by atoms with E-state index in [1.54, 1.807) is 24.3 Å². The molecule has 2 aromatic rings. The van der Waals surface area contributed by atoms with E-state index < -0.39 is 17.4 Å². The smallest absolute Gasteiger partial charge is 0.344 e. The van der Waals surface area contributed by atoms with Crippen molar-refractivity contribution < 1.29 is 19.8 Å². The van der Waals surface area contributed by atoms with Gasteiger partial charge in [0, 0.05) is 18.5 Å². The second-order valence-corrected chi connectivity index (χ2v) is 4.70. The normalized spacial score (nSPS) is 13.3. The average molecular weight is 286 g/mol. The topological polar surface area (TPSA) is 91.6 Å². The third-order valence-corrected chi connectivity index (χ3v) is 3.18. The van der Waals surface area contributed by atoms with Gasteiger partial charge in [0.1, 0.15) is 5.75 Å². The molecule has 0 bridgehead atoms. The van der Waals surface area contributed by atoms with Crippen LogP contribution in [0.1, 0.15) is 6.92 Å². The van der Waals surface area contributed by atoms with Crippen molar-refractivity contribution in [1.82, 2.24) is 9.88 Å². The zero-order valence-corrected chi connectivity index (χ0v) is 11.3. The van der Waals surface area contributed by atoms with Crippen LogP contribution in [0.2, 0.25) is 0 Å². The van der Waals surface area contributed by atoms with Gasteiger partial charge in [-0.3, -0.25) is 4.79 Å². The van der Waals surface area contributed by atoms with E-state index in [0.717, 1.165) is 0 Å². The first-order valence-electron chi connectivity index (χ1n) is 6.16. The number of para-hydroxylation sites is 1. The molecule has 0 aliphatic rings. The molecule has 0 saturated heterocycles. The Hall–Kier alpha value is -2.94. The number of carbonyl (C=O) groups is 2. The Morgan fingerprint density at radius 3 is 2.67 bits per heavy atom. The third kappa shape index (κ3) is 2.54. The Balaban J connectivity index is 2.52. The fraction of sp³-hybridized carbons (Fsp3) is 0.200. The minimum atomic E-state index is -1.87. The quantitative estimate of drug-likeness (QED) is 0.729. The second kappa shape index (κ2) is 5.21. The molecule has 1 amide bonds. The molecule has 0 saturated carbocycles. The molecule has 6 nitrogen and oxygen atoms in total. The maximum absolute atomic E-state index is 11.5. The monoisotopic (exact) mass is 286 g/mol. The summed E-state index contributed by atoms with van der Waals surface area (Å²) in [6.45, 7) is 1.000. The molecule has 108 valence electrons. The molecular formula is C15H14N2O4. The van der Waals surface area contributed by atoms with Gasteiger partial charge < -0.3 is 20.1 Å². The minimum Gasteiger partial charge on any atom is -0.506 e. The number of carboxylic acids is 1. The number of hydrogen-bond acceptors (Lipinski definition) is 3. The Morgan fingerprint density at radius 1 is 1.43 bits per heavy atom. The van der Waals surface area contributed by atoms with Crippen LogP contribution in [0.5, 0.6) is 5.75 Å². The summed E-state index contributed by atoms with van der Waals surface area (Å²) >= 11 is 0. The van der Waals surface area contributed by atoms with Gasteiger partial charge in [0.15, 0.2) is 0 Å². The van der Waals surface area contributed by atoms with Crippen molar-refractivity contribution in [3.63, 3.8) is 0 Å². The summed E-state index contributed by atoms with van der Waals surface area (Å²) in [6, 6.07) is 6.95. The Labute approximate surface area is 121 Å². The number of terminal acetylenes is 1. The summed E-state index contributed by atoms with van der Waals surface area (Å²) in [5.41, 5.74) is -1.25. The van der Waals surface area contributed by atoms with Crippen molar-refractivity contribution in [2.45, 2.75) is 19.0 Å². The van der Waals surface area contributed by atoms with E-state index in [1.165, 1.54) is 17.7 Å². The molecule has 6 heteroatoms. The van der Waals surface area contributed by atoms with Gasteiger partial charge in [-0.25, -0.2) is 4.79 Å². The van der Waals surface area contributed by atoms with Crippen LogP contribution in [0.3, 0.4) is 0 Å². The molecule has 2 rings (SSSR count). The van der Waals surface area contributed by atoms with E-state index in [9.17, 15) is 19.8 Å². The predicted molar refractivity (Wildman–Crippen MR) is 76.6 cm³/mol. The molecule has 1 aromatic heterocycles. The van der Waals surface area contributed by atoms with Crippen molar-refractivity contribution >= 4 is 22.8 Å². The van der Waals surface area contributed by atoms with Crippen LogP contribution in [0.4, 0.5) is 0 Å². The van der Waals surface area contributed by atoms with Gasteiger partial charge in [-0.1, -0.05) is 18.1 Å². The van der Waals surface area contributed by atoms with Crippen molar-refractivity contribution in [1.29, 1.82) is 0 Å². The lowest BCUT2D eigenvalue weighted by Crippen LogP contribution is -2.55. The Bertz CT molecular complexity index is 757. The standard InChI is InChI=1S/C15H14N2O4/c1-3-15(14(20)21,16-10(2)18)9-17-8-13(19)11-6-4-5-7-12(11)17/h1,4-8,19H,9H2,2H3,(H,16,18)(H,20,21). The maximum Gasteiger partial charge on any atom is 0.344 e. The van der Waals surface area contributed by atoms with Gasteiger partial charge in [-0.2, -0.15) is 0 Å². The van der Waals surface area contributed by atoms with Crippen LogP contribution in [-0.4, -0.2) is 32.2 Å². The number of carboxylic acid groups (broad SMARTS) is 1. The highest BCUT2D eigenvalue weighted by molar-refractivity contribution is 5.90. The molecule has 0 fully saturated rings. The summed E-state index contributed by atoms with van der Waals surface area (Å²) in [5, 5.41) is 22.1. The number of carbonyl (C=O) groups excluding carboxylic acids is 1. The number of nitrogens with zero attached hydrogens (tertiary/aromatic N) is 1. The summed E-state index contributed by atoms with van der Waals surface area (Å²) in [4.78, 5) is 22.8. The first-order chi connectivity index (χ1) is 9.89. The lowest BCUT2D eigenvalue weighted by Gasteiger charge is -2.25. The fourth-order valence-corrected chi connectivity index (χ4v) is 2.22. The van der Waals surface area contributed by atoms with Crippen LogP contribution in [0.15, 0.2) is 30.5 Å². The van der Waals surface area contributed by atoms with E-state index in [0.29, 0.717) is 10.9 Å². The molecule has 1 aromatic carbocycles. The number of aromatic nitrogens is 1. The molecule has 1 unspecified atom stereocenters. The van der Waals surface area contributed by atoms with Crippen LogP contribution < -0.4 is 5.32 Å². The van der Waals surface area contributed by atoms with Gasteiger partial charge in [0.25, 0.3) is 0 Å². The van der Waals surface area contributed by atoms with E-state index in [4.69, 9.17) is 6.42 Å². The molecule has 0 spiro atoms. The largest absolute Gasteiger partial charge is 0.506 e. The van der Waals surface area contributed by atoms with Crippen LogP contribution in [0, 0.1) is 12.3 Å². The van der Waals surface area contributed by atoms with Gasteiger partial charge in [-0.05, 0) is 12.1 Å². The summed E-state index contributed by atoms with van der Waals surface area (Å²) in [6.07, 6.45) is 6.72. The Morgan fingerprint density at radius 2 is 2.10 bits per heavy atom. The molecule has 1 heterocycles. The van der Waals surface area contributed by atoms with Crippen molar-refractivity contribution in [3.05, 3.63) is 30.5 Å². The number of aromatic hydroxyl groups is 1. The van der Waals surface area contributed by atoms with Gasteiger partial charge in [0.05, 0.1) is 12.1 Å². The second-order valence-electron chi connectivity index (χ2n) is 4.70. The number of amides is 1. The number of hydrogen-bond donors (Lipinski definition) is 3. The molecule has 0 aliphatic carbocycles. The first-order valence-corrected chi connectivity index (χ1v) is 6.16. The minimum absolute atomic E-state index is 0.0183. The predicted octanol–water partition coefficient (Wildman–Crippen LogP) is 0.940. The van der Waals surface area contributed by atoms with Crippen molar-refractivity contribution in [3.8, 4) is 18.1 Å². The maximum atomic E-state index is 11.5. The summed E-state index contributed by atoms with van der Waals surface area (Å²) in [7, 11) is 0. The van der Waals surface area contributed by atoms with Gasteiger partial charge >= 0.3 is 5.97 Å². The third-order valence-electron chi connectivity index (χ3n) is 3.18. The zero-order valence-electron chi connectivity index (χ0n) is 11.3. The SMILES string of the molecule is C#CC(Cn1cc(O)c2ccccc21)(NC(C)=O)C(=O)O. The van der Waals surface area contributed by atoms with E-state index >= 15 is 0 Å². The van der Waals surface area contributed by atoms with Crippen LogP contribution in [0.25, 0.3) is 10.9 Å². The molecule has 21 heavy (non-hydrogen) atoms. The highest BCUT2D eigenvalue weighted by atomic mass is 16.4. The van der Waals surface area contributed by atoms with E-state index in [2.05, 4.69) is 11.2 Å². The molecule has 0 radical (unpaired) electrons. The Kier molecular flexibility index (Phi) is 3.59. The van der Waals surface area contributed by atoms with E-state index in [1.807, 2.05) is 0 Å². The van der Waals surface area contributed by atoms with Gasteiger partial charge in [0.2, 0.25) is 11.4 Å². The lowest BCUT2D eigenvalue weighted by atomic mass is 10.0. The number of fused-ring (bicyclic) bond motifs is 1. The molecule has 3 N–H and O–H groups in total. The average Bonchev–Trinajstić information content (AvgIpc) is 2.74. The molecular weight excluding hydrogens is 272 g/mol. The molecule has 0 aliphatic heterocycles. The van der Waals surface area contributed by atoms with Crippen molar-refractivity contribution in [2.24, 2.45) is 0 Å². The van der Waals surface area contributed by atoms with Crippen molar-refractivity contribution in [2.75, 3.05) is 0 Å². The number of aliphatic carboxylic acids is 1. The number of benzene rings is 1. The highest BCUT2D eigenvalue weighted by Gasteiger charge is 2.38. The molecule has 1 atom stereocenters. The van der Waals surface area contributed by atoms with E-state index in [-0.39, 0.29) is 12.3 Å². The fourth-order valence-electron chi connectivity index (χ4n) is 2.22. The highest BCUT2D eigenvalue weighted by Crippen LogP contribution is 2.27.